The Bertz CT molecular complexity index is 411. The van der Waals surface area contributed by atoms with Gasteiger partial charge < -0.3 is 11.1 Å². The van der Waals surface area contributed by atoms with Crippen molar-refractivity contribution in [1.82, 2.24) is 15.1 Å². The lowest BCUT2D eigenvalue weighted by atomic mass is 10.0. The van der Waals surface area contributed by atoms with E-state index in [-0.39, 0.29) is 23.1 Å². The first-order chi connectivity index (χ1) is 8.36. The predicted octanol–water partition coefficient (Wildman–Crippen LogP) is 1.54. The largest absolute Gasteiger partial charge is 0.353 e. The maximum absolute atomic E-state index is 11.8. The van der Waals surface area contributed by atoms with E-state index in [1.54, 1.807) is 28.8 Å². The molecule has 0 aliphatic rings. The third-order valence-corrected chi connectivity index (χ3v) is 4.30. The minimum atomic E-state index is -0.534. The molecule has 0 aliphatic carbocycles. The summed E-state index contributed by atoms with van der Waals surface area (Å²) < 4.78 is 1.40. The van der Waals surface area contributed by atoms with Crippen LogP contribution in [0.4, 0.5) is 0 Å². The van der Waals surface area contributed by atoms with Crippen LogP contribution in [0.3, 0.4) is 0 Å². The molecule has 0 saturated heterocycles. The smallest absolute Gasteiger partial charge is 0.238 e. The van der Waals surface area contributed by atoms with E-state index in [0.29, 0.717) is 18.1 Å². The summed E-state index contributed by atoms with van der Waals surface area (Å²) in [6.45, 7) is 4.96. The van der Waals surface area contributed by atoms with Crippen LogP contribution in [0.1, 0.15) is 13.8 Å². The van der Waals surface area contributed by atoms with Crippen molar-refractivity contribution in [3.8, 4) is 0 Å². The first-order valence-corrected chi connectivity index (χ1v) is 7.23. The zero-order valence-corrected chi connectivity index (χ0v) is 13.6. The molecule has 3 N–H and O–H groups in total. The molecule has 0 aromatic carbocycles. The summed E-state index contributed by atoms with van der Waals surface area (Å²) in [5, 5.41) is 7.40. The number of rotatable bonds is 6. The van der Waals surface area contributed by atoms with Crippen molar-refractivity contribution in [3.05, 3.63) is 17.4 Å². The number of amides is 1. The monoisotopic (exact) mass is 326 g/mol. The number of halogens is 2. The van der Waals surface area contributed by atoms with E-state index in [0.717, 1.165) is 0 Å². The molecule has 0 aliphatic heterocycles. The highest BCUT2D eigenvalue weighted by Crippen LogP contribution is 2.24. The fourth-order valence-corrected chi connectivity index (χ4v) is 1.82. The summed E-state index contributed by atoms with van der Waals surface area (Å²) in [5.74, 6) is -0.146. The topological polar surface area (TPSA) is 72.9 Å². The molecule has 0 radical (unpaired) electrons. The zero-order chi connectivity index (χ0) is 13.8. The van der Waals surface area contributed by atoms with Crippen LogP contribution in [-0.2, 0) is 11.3 Å². The maximum Gasteiger partial charge on any atom is 0.238 e. The molecular formula is C11H20Cl2N4OS. The second-order valence-corrected chi connectivity index (χ2v) is 6.39. The maximum atomic E-state index is 11.8. The van der Waals surface area contributed by atoms with Crippen LogP contribution in [0.15, 0.2) is 12.4 Å². The van der Waals surface area contributed by atoms with Crippen molar-refractivity contribution in [2.24, 2.45) is 5.73 Å². The summed E-state index contributed by atoms with van der Waals surface area (Å²) >= 11 is 7.31. The van der Waals surface area contributed by atoms with Gasteiger partial charge in [0, 0.05) is 17.5 Å². The number of aromatic nitrogens is 2. The van der Waals surface area contributed by atoms with Crippen molar-refractivity contribution in [1.29, 1.82) is 0 Å². The van der Waals surface area contributed by atoms with Gasteiger partial charge in [0.2, 0.25) is 5.91 Å². The molecule has 0 unspecified atom stereocenters. The average Bonchev–Trinajstić information content (AvgIpc) is 2.74. The van der Waals surface area contributed by atoms with Crippen molar-refractivity contribution < 1.29 is 4.79 Å². The van der Waals surface area contributed by atoms with Crippen molar-refractivity contribution in [2.75, 3.05) is 12.8 Å². The van der Waals surface area contributed by atoms with E-state index in [1.165, 1.54) is 0 Å². The van der Waals surface area contributed by atoms with Crippen LogP contribution >= 0.6 is 35.8 Å². The Kier molecular flexibility index (Phi) is 7.81. The summed E-state index contributed by atoms with van der Waals surface area (Å²) in [6, 6.07) is -0.534. The van der Waals surface area contributed by atoms with E-state index in [1.807, 2.05) is 20.1 Å². The van der Waals surface area contributed by atoms with Gasteiger partial charge in [0.1, 0.15) is 0 Å². The summed E-state index contributed by atoms with van der Waals surface area (Å²) in [5.41, 5.74) is 5.91. The molecule has 0 saturated carbocycles. The normalized spacial score (nSPS) is 12.7. The van der Waals surface area contributed by atoms with Crippen LogP contribution in [0.5, 0.6) is 0 Å². The Labute approximate surface area is 129 Å². The standard InChI is InChI=1S/C11H19ClN4OS.ClH/c1-11(2,18-3)9(13)10(17)14-4-5-16-7-8(12)6-15-16;/h6-7,9H,4-5,13H2,1-3H3,(H,14,17);1H/t9-;/m1./s1. The SMILES string of the molecule is CSC(C)(C)[C@H](N)C(=O)NCCn1cc(Cl)cn1.Cl. The quantitative estimate of drug-likeness (QED) is 0.831. The van der Waals surface area contributed by atoms with Gasteiger partial charge in [0.05, 0.1) is 23.8 Å². The van der Waals surface area contributed by atoms with Gasteiger partial charge in [-0.15, -0.1) is 12.4 Å². The van der Waals surface area contributed by atoms with Gasteiger partial charge in [-0.25, -0.2) is 0 Å². The number of hydrogen-bond acceptors (Lipinski definition) is 4. The van der Waals surface area contributed by atoms with Gasteiger partial charge in [-0.3, -0.25) is 9.48 Å². The fraction of sp³-hybridized carbons (Fsp3) is 0.636. The molecule has 1 rings (SSSR count). The Balaban J connectivity index is 0.00000324. The fourth-order valence-electron chi connectivity index (χ4n) is 1.31. The van der Waals surface area contributed by atoms with Gasteiger partial charge >= 0.3 is 0 Å². The lowest BCUT2D eigenvalue weighted by Crippen LogP contribution is -2.52. The van der Waals surface area contributed by atoms with E-state index >= 15 is 0 Å². The Morgan fingerprint density at radius 1 is 1.68 bits per heavy atom. The van der Waals surface area contributed by atoms with E-state index < -0.39 is 6.04 Å². The second kappa shape index (κ2) is 7.99. The highest BCUT2D eigenvalue weighted by Gasteiger charge is 2.30. The molecule has 0 fully saturated rings. The summed E-state index contributed by atoms with van der Waals surface area (Å²) in [7, 11) is 0. The van der Waals surface area contributed by atoms with Gasteiger partial charge in [-0.05, 0) is 20.1 Å². The lowest BCUT2D eigenvalue weighted by molar-refractivity contribution is -0.122. The van der Waals surface area contributed by atoms with Crippen molar-refractivity contribution in [3.63, 3.8) is 0 Å². The molecule has 8 heteroatoms. The Morgan fingerprint density at radius 2 is 2.32 bits per heavy atom. The van der Waals surface area contributed by atoms with Crippen molar-refractivity contribution >= 4 is 41.7 Å². The van der Waals surface area contributed by atoms with Crippen LogP contribution in [0.2, 0.25) is 5.02 Å². The van der Waals surface area contributed by atoms with Gasteiger partial charge in [-0.2, -0.15) is 16.9 Å². The number of nitrogens with one attached hydrogen (secondary N) is 1. The third-order valence-electron chi connectivity index (χ3n) is 2.80. The molecule has 1 aromatic rings. The van der Waals surface area contributed by atoms with Gasteiger partial charge in [-0.1, -0.05) is 11.6 Å². The molecule has 0 spiro atoms. The van der Waals surface area contributed by atoms with E-state index in [2.05, 4.69) is 10.4 Å². The van der Waals surface area contributed by atoms with Crippen LogP contribution in [-0.4, -0.2) is 39.3 Å². The minimum absolute atomic E-state index is 0. The first-order valence-electron chi connectivity index (χ1n) is 5.63. The van der Waals surface area contributed by atoms with E-state index in [9.17, 15) is 4.79 Å². The summed E-state index contributed by atoms with van der Waals surface area (Å²) in [6.07, 6.45) is 5.21. The highest BCUT2D eigenvalue weighted by molar-refractivity contribution is 8.00. The molecular weight excluding hydrogens is 307 g/mol. The number of thioether (sulfide) groups is 1. The molecule has 1 atom stereocenters. The number of carbonyl (C=O) groups excluding carboxylic acids is 1. The second-order valence-electron chi connectivity index (χ2n) is 4.50. The first kappa shape index (κ1) is 18.6. The minimum Gasteiger partial charge on any atom is -0.353 e. The van der Waals surface area contributed by atoms with Crippen LogP contribution < -0.4 is 11.1 Å². The van der Waals surface area contributed by atoms with Crippen LogP contribution in [0.25, 0.3) is 0 Å². The highest BCUT2D eigenvalue weighted by atomic mass is 35.5. The van der Waals surface area contributed by atoms with E-state index in [4.69, 9.17) is 17.3 Å². The van der Waals surface area contributed by atoms with Gasteiger partial charge in [0.25, 0.3) is 0 Å². The molecule has 1 heterocycles. The molecule has 19 heavy (non-hydrogen) atoms. The summed E-state index contributed by atoms with van der Waals surface area (Å²) in [4.78, 5) is 11.8. The third kappa shape index (κ3) is 5.60. The number of nitrogens with zero attached hydrogens (tertiary/aromatic N) is 2. The molecule has 5 nitrogen and oxygen atoms in total. The zero-order valence-electron chi connectivity index (χ0n) is 11.2. The molecule has 0 bridgehead atoms. The number of carbonyl (C=O) groups is 1. The van der Waals surface area contributed by atoms with Crippen molar-refractivity contribution in [2.45, 2.75) is 31.2 Å². The van der Waals surface area contributed by atoms with Gasteiger partial charge in [0.15, 0.2) is 0 Å². The Morgan fingerprint density at radius 3 is 2.79 bits per heavy atom. The predicted molar refractivity (Wildman–Crippen MR) is 83.1 cm³/mol. The van der Waals surface area contributed by atoms with Crippen LogP contribution in [0, 0.1) is 0 Å². The lowest BCUT2D eigenvalue weighted by Gasteiger charge is -2.28. The average molecular weight is 327 g/mol. The number of hydrogen-bond donors (Lipinski definition) is 2. The molecule has 110 valence electrons. The number of nitrogens with two attached hydrogens (primary N) is 1. The molecule has 1 amide bonds. The Hall–Kier alpha value is -0.430. The molecule has 1 aromatic heterocycles.